The van der Waals surface area contributed by atoms with Gasteiger partial charge >= 0.3 is 11.6 Å². The van der Waals surface area contributed by atoms with Crippen LogP contribution in [0, 0.1) is 10.1 Å². The maximum atomic E-state index is 11.9. The van der Waals surface area contributed by atoms with Crippen LogP contribution in [0.5, 0.6) is 5.88 Å². The molecule has 3 N–H and O–H groups in total. The minimum Gasteiger partial charge on any atom is -0.493 e. The number of hydrogen-bond donors (Lipinski definition) is 2. The molecule has 2 aromatic heterocycles. The molecule has 0 saturated heterocycles. The first-order chi connectivity index (χ1) is 10.4. The van der Waals surface area contributed by atoms with Crippen molar-refractivity contribution in [3.05, 3.63) is 44.7 Å². The lowest BCUT2D eigenvalue weighted by Crippen LogP contribution is -2.28. The summed E-state index contributed by atoms with van der Waals surface area (Å²) in [5.74, 6) is -1.72. The molecule has 2 heterocycles. The van der Waals surface area contributed by atoms with E-state index in [4.69, 9.17) is 10.2 Å². The van der Waals surface area contributed by atoms with Crippen LogP contribution in [0.2, 0.25) is 0 Å². The van der Waals surface area contributed by atoms with Crippen LogP contribution in [-0.2, 0) is 0 Å². The van der Waals surface area contributed by atoms with Gasteiger partial charge in [-0.3, -0.25) is 14.9 Å². The number of hydrogen-bond acceptors (Lipinski definition) is 8. The van der Waals surface area contributed by atoms with Crippen molar-refractivity contribution in [2.75, 3.05) is 6.54 Å². The van der Waals surface area contributed by atoms with E-state index >= 15 is 0 Å². The zero-order valence-electron chi connectivity index (χ0n) is 11.1. The normalized spacial score (nSPS) is 11.1. The van der Waals surface area contributed by atoms with Crippen molar-refractivity contribution in [2.24, 2.45) is 10.8 Å². The lowest BCUT2D eigenvalue weighted by atomic mass is 10.4. The van der Waals surface area contributed by atoms with Gasteiger partial charge in [-0.2, -0.15) is 14.3 Å². The Morgan fingerprint density at radius 2 is 2.27 bits per heavy atom. The van der Waals surface area contributed by atoms with E-state index in [2.05, 4.69) is 5.10 Å². The van der Waals surface area contributed by atoms with Gasteiger partial charge in [-0.1, -0.05) is 0 Å². The minimum absolute atomic E-state index is 0.0230. The van der Waals surface area contributed by atoms with E-state index in [9.17, 15) is 24.8 Å². The summed E-state index contributed by atoms with van der Waals surface area (Å²) < 4.78 is 6.03. The average Bonchev–Trinajstić information content (AvgIpc) is 3.02. The maximum absolute atomic E-state index is 11.9. The molecule has 0 bridgehead atoms. The summed E-state index contributed by atoms with van der Waals surface area (Å²) in [7, 11) is 0. The number of furan rings is 1. The molecule has 11 heteroatoms. The lowest BCUT2D eigenvalue weighted by Gasteiger charge is -1.98. The fourth-order valence-electron chi connectivity index (χ4n) is 1.60. The van der Waals surface area contributed by atoms with E-state index < -0.39 is 28.3 Å². The minimum atomic E-state index is -0.895. The number of imidazole rings is 1. The van der Waals surface area contributed by atoms with Gasteiger partial charge in [-0.15, -0.1) is 0 Å². The fourth-order valence-corrected chi connectivity index (χ4v) is 1.60. The summed E-state index contributed by atoms with van der Waals surface area (Å²) in [5.41, 5.74) is 4.32. The monoisotopic (exact) mass is 309 g/mol. The summed E-state index contributed by atoms with van der Waals surface area (Å²) in [5, 5.41) is 23.7. The van der Waals surface area contributed by atoms with Crippen molar-refractivity contribution in [2.45, 2.75) is 6.42 Å². The molecule has 2 rings (SSSR count). The molecular weight excluding hydrogens is 298 g/mol. The number of aromatic hydroxyl groups is 1. The van der Waals surface area contributed by atoms with Crippen molar-refractivity contribution >= 4 is 18.0 Å². The third kappa shape index (κ3) is 2.93. The number of nitrogens with two attached hydrogens (primary N) is 1. The van der Waals surface area contributed by atoms with Crippen molar-refractivity contribution in [1.82, 2.24) is 9.24 Å². The van der Waals surface area contributed by atoms with Crippen LogP contribution in [0.4, 0.5) is 5.88 Å². The molecule has 0 amide bonds. The van der Waals surface area contributed by atoms with E-state index in [1.54, 1.807) is 0 Å². The second-order valence-electron chi connectivity index (χ2n) is 4.06. The standard InChI is InChI=1S/C11H11N5O6/c12-4-3-8(17)15-9(18)6-14(11(15)19)13-5-7-1-2-10(22-7)16(20)21/h1-2,5-6,18H,3-4,12H2. The highest BCUT2D eigenvalue weighted by Crippen LogP contribution is 2.14. The number of nitro groups is 1. The summed E-state index contributed by atoms with van der Waals surface area (Å²) in [4.78, 5) is 33.2. The molecule has 11 nitrogen and oxygen atoms in total. The predicted octanol–water partition coefficient (Wildman–Crippen LogP) is -0.272. The molecule has 0 aliphatic heterocycles. The predicted molar refractivity (Wildman–Crippen MR) is 73.0 cm³/mol. The van der Waals surface area contributed by atoms with Gasteiger partial charge in [0.15, 0.2) is 5.76 Å². The SMILES string of the molecule is NCCC(=O)n1c(O)cn(N=Cc2ccc([N+](=O)[O-])o2)c1=O. The summed E-state index contributed by atoms with van der Waals surface area (Å²) >= 11 is 0. The van der Waals surface area contributed by atoms with Crippen LogP contribution in [-0.4, -0.2) is 37.9 Å². The summed E-state index contributed by atoms with van der Waals surface area (Å²) in [6.45, 7) is 0.0230. The van der Waals surface area contributed by atoms with E-state index in [-0.39, 0.29) is 18.7 Å². The second-order valence-corrected chi connectivity index (χ2v) is 4.06. The third-order valence-corrected chi connectivity index (χ3v) is 2.56. The van der Waals surface area contributed by atoms with Gasteiger partial charge < -0.3 is 15.3 Å². The molecule has 0 atom stereocenters. The number of rotatable bonds is 5. The summed E-state index contributed by atoms with van der Waals surface area (Å²) in [6, 6.07) is 2.40. The Hall–Kier alpha value is -3.21. The number of carbonyl (C=O) groups is 1. The molecule has 0 fully saturated rings. The Morgan fingerprint density at radius 3 is 2.86 bits per heavy atom. The first-order valence-electron chi connectivity index (χ1n) is 5.99. The van der Waals surface area contributed by atoms with Crippen LogP contribution in [0.25, 0.3) is 0 Å². The van der Waals surface area contributed by atoms with Gasteiger partial charge in [0.05, 0.1) is 18.5 Å². The molecule has 0 unspecified atom stereocenters. The molecule has 0 aromatic carbocycles. The Labute approximate surface area is 122 Å². The lowest BCUT2D eigenvalue weighted by molar-refractivity contribution is -0.402. The smallest absolute Gasteiger partial charge is 0.433 e. The Bertz CT molecular complexity index is 798. The van der Waals surface area contributed by atoms with Crippen LogP contribution in [0.1, 0.15) is 17.0 Å². The van der Waals surface area contributed by atoms with E-state index in [1.807, 2.05) is 0 Å². The van der Waals surface area contributed by atoms with Crippen molar-refractivity contribution in [3.63, 3.8) is 0 Å². The molecule has 2 aromatic rings. The zero-order valence-corrected chi connectivity index (χ0v) is 11.1. The molecule has 22 heavy (non-hydrogen) atoms. The first-order valence-corrected chi connectivity index (χ1v) is 5.99. The quantitative estimate of drug-likeness (QED) is 0.436. The van der Waals surface area contributed by atoms with Crippen LogP contribution in [0.3, 0.4) is 0 Å². The third-order valence-electron chi connectivity index (χ3n) is 2.56. The topological polar surface area (TPSA) is 159 Å². The molecule has 0 saturated carbocycles. The van der Waals surface area contributed by atoms with Crippen molar-refractivity contribution in [1.29, 1.82) is 0 Å². The van der Waals surface area contributed by atoms with Crippen LogP contribution < -0.4 is 11.4 Å². The van der Waals surface area contributed by atoms with Crippen molar-refractivity contribution in [3.8, 4) is 5.88 Å². The molecular formula is C11H11N5O6. The van der Waals surface area contributed by atoms with Gasteiger partial charge in [0, 0.05) is 13.0 Å². The molecule has 0 spiro atoms. The largest absolute Gasteiger partial charge is 0.493 e. The number of aromatic nitrogens is 2. The second kappa shape index (κ2) is 6.05. The highest BCUT2D eigenvalue weighted by molar-refractivity contribution is 5.80. The molecule has 0 aliphatic rings. The number of carbonyl (C=O) groups excluding carboxylic acids is 1. The Balaban J connectivity index is 2.28. The van der Waals surface area contributed by atoms with Crippen molar-refractivity contribution < 1.29 is 19.2 Å². The van der Waals surface area contributed by atoms with E-state index in [0.717, 1.165) is 18.5 Å². The van der Waals surface area contributed by atoms with Gasteiger partial charge in [0.1, 0.15) is 4.92 Å². The molecule has 0 aliphatic carbocycles. The van der Waals surface area contributed by atoms with Gasteiger partial charge in [0.2, 0.25) is 11.8 Å². The average molecular weight is 309 g/mol. The molecule has 0 radical (unpaired) electrons. The Kier molecular flexibility index (Phi) is 4.18. The van der Waals surface area contributed by atoms with Gasteiger partial charge in [0.25, 0.3) is 0 Å². The highest BCUT2D eigenvalue weighted by Gasteiger charge is 2.16. The molecule has 116 valence electrons. The maximum Gasteiger partial charge on any atom is 0.433 e. The van der Waals surface area contributed by atoms with Crippen LogP contribution >= 0.6 is 0 Å². The van der Waals surface area contributed by atoms with E-state index in [1.165, 1.54) is 6.07 Å². The number of nitrogens with zero attached hydrogens (tertiary/aromatic N) is 4. The summed E-state index contributed by atoms with van der Waals surface area (Å²) in [6.07, 6.45) is 1.84. The van der Waals surface area contributed by atoms with E-state index in [0.29, 0.717) is 9.24 Å². The van der Waals surface area contributed by atoms with Gasteiger partial charge in [-0.05, 0) is 6.07 Å². The van der Waals surface area contributed by atoms with Crippen LogP contribution in [0.15, 0.2) is 32.6 Å². The fraction of sp³-hybridized carbons (Fsp3) is 0.182. The first kappa shape index (κ1) is 15.2. The Morgan fingerprint density at radius 1 is 1.55 bits per heavy atom. The zero-order chi connectivity index (χ0) is 16.3. The highest BCUT2D eigenvalue weighted by atomic mass is 16.6. The van der Waals surface area contributed by atoms with Gasteiger partial charge in [-0.25, -0.2) is 4.79 Å².